The molecule has 1 saturated heterocycles. The summed E-state index contributed by atoms with van der Waals surface area (Å²) in [6.07, 6.45) is 1.11. The van der Waals surface area contributed by atoms with Gasteiger partial charge < -0.3 is 15.2 Å². The van der Waals surface area contributed by atoms with Crippen molar-refractivity contribution >= 4 is 15.9 Å². The summed E-state index contributed by atoms with van der Waals surface area (Å²) < 4.78 is 12.0. The molecule has 104 valence electrons. The predicted octanol–water partition coefficient (Wildman–Crippen LogP) is 2.27. The van der Waals surface area contributed by atoms with Crippen molar-refractivity contribution in [2.24, 2.45) is 11.7 Å². The number of halogens is 1. The van der Waals surface area contributed by atoms with Crippen LogP contribution in [0.4, 0.5) is 0 Å². The van der Waals surface area contributed by atoms with Crippen molar-refractivity contribution in [2.45, 2.75) is 19.1 Å². The average molecular weight is 327 g/mol. The molecule has 5 heteroatoms. The summed E-state index contributed by atoms with van der Waals surface area (Å²) in [6, 6.07) is 4.69. The zero-order valence-electron chi connectivity index (χ0n) is 11.1. The Morgan fingerprint density at radius 1 is 1.47 bits per heavy atom. The number of fused-ring (bicyclic) bond motifs is 1. The van der Waals surface area contributed by atoms with Gasteiger partial charge in [0.1, 0.15) is 5.75 Å². The van der Waals surface area contributed by atoms with E-state index in [-0.39, 0.29) is 0 Å². The SMILES string of the molecule is CN1CC(CN)CC1c1cc2c(cc1Br)COCO2. The molecule has 0 spiro atoms. The Morgan fingerprint density at radius 3 is 3.05 bits per heavy atom. The van der Waals surface area contributed by atoms with E-state index in [1.54, 1.807) is 0 Å². The topological polar surface area (TPSA) is 47.7 Å². The van der Waals surface area contributed by atoms with E-state index in [1.807, 2.05) is 0 Å². The van der Waals surface area contributed by atoms with Crippen LogP contribution in [0.2, 0.25) is 0 Å². The van der Waals surface area contributed by atoms with Crippen molar-refractivity contribution in [2.75, 3.05) is 26.9 Å². The van der Waals surface area contributed by atoms with Crippen LogP contribution in [0.25, 0.3) is 0 Å². The quantitative estimate of drug-likeness (QED) is 0.905. The molecule has 2 unspecified atom stereocenters. The first-order chi connectivity index (χ1) is 9.19. The van der Waals surface area contributed by atoms with Crippen LogP contribution in [-0.2, 0) is 11.3 Å². The summed E-state index contributed by atoms with van der Waals surface area (Å²) in [7, 11) is 2.16. The molecule has 1 aromatic rings. The second kappa shape index (κ2) is 5.40. The highest BCUT2D eigenvalue weighted by Gasteiger charge is 2.31. The molecule has 4 nitrogen and oxygen atoms in total. The number of nitrogens with two attached hydrogens (primary N) is 1. The Labute approximate surface area is 122 Å². The smallest absolute Gasteiger partial charge is 0.189 e. The third-order valence-corrected chi connectivity index (χ3v) is 4.75. The Balaban J connectivity index is 1.92. The fraction of sp³-hybridized carbons (Fsp3) is 0.571. The monoisotopic (exact) mass is 326 g/mol. The minimum absolute atomic E-state index is 0.347. The third-order valence-electron chi connectivity index (χ3n) is 4.06. The molecule has 1 fully saturated rings. The van der Waals surface area contributed by atoms with E-state index in [2.05, 4.69) is 40.0 Å². The number of likely N-dealkylation sites (tertiary alicyclic amines) is 1. The summed E-state index contributed by atoms with van der Waals surface area (Å²) in [6.45, 7) is 2.79. The lowest BCUT2D eigenvalue weighted by Gasteiger charge is -2.24. The second-order valence-corrected chi connectivity index (χ2v) is 6.24. The van der Waals surface area contributed by atoms with Crippen LogP contribution in [0.3, 0.4) is 0 Å². The summed E-state index contributed by atoms with van der Waals surface area (Å²) in [5, 5.41) is 0. The predicted molar refractivity (Wildman–Crippen MR) is 77.0 cm³/mol. The molecule has 2 N–H and O–H groups in total. The van der Waals surface area contributed by atoms with Crippen LogP contribution in [-0.4, -0.2) is 31.8 Å². The zero-order valence-corrected chi connectivity index (χ0v) is 12.6. The normalized spacial score (nSPS) is 27.1. The molecular formula is C14H19BrN2O2. The fourth-order valence-electron chi connectivity index (χ4n) is 3.01. The maximum atomic E-state index is 5.81. The molecule has 0 saturated carbocycles. The van der Waals surface area contributed by atoms with Gasteiger partial charge in [-0.2, -0.15) is 0 Å². The van der Waals surface area contributed by atoms with Gasteiger partial charge in [-0.1, -0.05) is 15.9 Å². The number of hydrogen-bond donors (Lipinski definition) is 1. The van der Waals surface area contributed by atoms with E-state index < -0.39 is 0 Å². The highest BCUT2D eigenvalue weighted by Crippen LogP contribution is 2.40. The molecule has 0 aliphatic carbocycles. The third kappa shape index (κ3) is 2.52. The molecule has 19 heavy (non-hydrogen) atoms. The fourth-order valence-corrected chi connectivity index (χ4v) is 3.66. The minimum atomic E-state index is 0.347. The van der Waals surface area contributed by atoms with Crippen LogP contribution in [0, 0.1) is 5.92 Å². The Kier molecular flexibility index (Phi) is 3.80. The number of rotatable bonds is 2. The highest BCUT2D eigenvalue weighted by atomic mass is 79.9. The molecule has 0 bridgehead atoms. The van der Waals surface area contributed by atoms with Gasteiger partial charge in [-0.3, -0.25) is 4.90 Å². The molecule has 0 amide bonds. The van der Waals surface area contributed by atoms with Gasteiger partial charge >= 0.3 is 0 Å². The van der Waals surface area contributed by atoms with Crippen LogP contribution < -0.4 is 10.5 Å². The number of hydrogen-bond acceptors (Lipinski definition) is 4. The van der Waals surface area contributed by atoms with Gasteiger partial charge in [0, 0.05) is 22.6 Å². The molecular weight excluding hydrogens is 308 g/mol. The van der Waals surface area contributed by atoms with Crippen molar-refractivity contribution in [3.05, 3.63) is 27.7 Å². The van der Waals surface area contributed by atoms with E-state index in [4.69, 9.17) is 15.2 Å². The minimum Gasteiger partial charge on any atom is -0.467 e. The second-order valence-electron chi connectivity index (χ2n) is 5.38. The highest BCUT2D eigenvalue weighted by molar-refractivity contribution is 9.10. The number of benzene rings is 1. The van der Waals surface area contributed by atoms with Gasteiger partial charge in [-0.15, -0.1) is 0 Å². The zero-order chi connectivity index (χ0) is 13.4. The van der Waals surface area contributed by atoms with Crippen LogP contribution in [0.1, 0.15) is 23.6 Å². The Morgan fingerprint density at radius 2 is 2.32 bits per heavy atom. The largest absolute Gasteiger partial charge is 0.467 e. The first-order valence-corrected chi connectivity index (χ1v) is 7.41. The number of nitrogens with zero attached hydrogens (tertiary/aromatic N) is 1. The molecule has 0 radical (unpaired) electrons. The first kappa shape index (κ1) is 13.4. The summed E-state index contributed by atoms with van der Waals surface area (Å²) >= 11 is 3.69. The van der Waals surface area contributed by atoms with Crippen molar-refractivity contribution < 1.29 is 9.47 Å². The van der Waals surface area contributed by atoms with Gasteiger partial charge in [0.05, 0.1) is 6.61 Å². The van der Waals surface area contributed by atoms with Crippen molar-refractivity contribution in [1.29, 1.82) is 0 Å². The molecule has 2 aliphatic rings. The lowest BCUT2D eigenvalue weighted by Crippen LogP contribution is -2.21. The van der Waals surface area contributed by atoms with Crippen LogP contribution in [0.15, 0.2) is 16.6 Å². The van der Waals surface area contributed by atoms with E-state index in [1.165, 1.54) is 5.56 Å². The molecule has 2 atom stereocenters. The van der Waals surface area contributed by atoms with Crippen molar-refractivity contribution in [3.8, 4) is 5.75 Å². The molecule has 3 rings (SSSR count). The Hall–Kier alpha value is -0.620. The Bertz CT molecular complexity index is 481. The van der Waals surface area contributed by atoms with Gasteiger partial charge in [0.15, 0.2) is 6.79 Å². The van der Waals surface area contributed by atoms with Crippen molar-refractivity contribution in [3.63, 3.8) is 0 Å². The van der Waals surface area contributed by atoms with Gasteiger partial charge in [-0.05, 0) is 43.6 Å². The molecule has 2 aliphatic heterocycles. The standard InChI is InChI=1S/C14H19BrN2O2/c1-17-6-9(5-16)2-13(17)11-4-14-10(3-12(11)15)7-18-8-19-14/h3-4,9,13H,2,5-8,16H2,1H3. The number of ether oxygens (including phenoxy) is 2. The average Bonchev–Trinajstić information content (AvgIpc) is 2.79. The van der Waals surface area contributed by atoms with Gasteiger partial charge in [-0.25, -0.2) is 0 Å². The summed E-state index contributed by atoms with van der Waals surface area (Å²) in [5.41, 5.74) is 8.21. The molecule has 2 heterocycles. The van der Waals surface area contributed by atoms with Gasteiger partial charge in [0.2, 0.25) is 0 Å². The molecule has 1 aromatic carbocycles. The van der Waals surface area contributed by atoms with Crippen LogP contribution >= 0.6 is 15.9 Å². The maximum absolute atomic E-state index is 5.81. The maximum Gasteiger partial charge on any atom is 0.189 e. The van der Waals surface area contributed by atoms with E-state index >= 15 is 0 Å². The summed E-state index contributed by atoms with van der Waals surface area (Å²) in [4.78, 5) is 2.38. The van der Waals surface area contributed by atoms with Crippen molar-refractivity contribution in [1.82, 2.24) is 4.90 Å². The molecule has 0 aromatic heterocycles. The van der Waals surface area contributed by atoms with E-state index in [0.29, 0.717) is 25.4 Å². The van der Waals surface area contributed by atoms with Gasteiger partial charge in [0.25, 0.3) is 0 Å². The lowest BCUT2D eigenvalue weighted by atomic mass is 9.98. The lowest BCUT2D eigenvalue weighted by molar-refractivity contribution is -0.0165. The van der Waals surface area contributed by atoms with E-state index in [0.717, 1.165) is 35.3 Å². The van der Waals surface area contributed by atoms with E-state index in [9.17, 15) is 0 Å². The van der Waals surface area contributed by atoms with Crippen LogP contribution in [0.5, 0.6) is 5.75 Å². The first-order valence-electron chi connectivity index (χ1n) is 6.62. The summed E-state index contributed by atoms with van der Waals surface area (Å²) in [5.74, 6) is 1.54.